The van der Waals surface area contributed by atoms with Crippen LogP contribution < -0.4 is 15.8 Å². The lowest BCUT2D eigenvalue weighted by molar-refractivity contribution is -0.118. The van der Waals surface area contributed by atoms with E-state index in [1.54, 1.807) is 18.2 Å². The molecule has 0 spiro atoms. The van der Waals surface area contributed by atoms with Gasteiger partial charge in [0.15, 0.2) is 6.61 Å². The van der Waals surface area contributed by atoms with Gasteiger partial charge in [-0.1, -0.05) is 12.1 Å². The Balaban J connectivity index is 1.97. The molecule has 5 nitrogen and oxygen atoms in total. The molecule has 106 valence electrons. The standard InChI is InChI=1S/C16H15N3O2/c1-11-3-2-4-14(7-11)19-16(20)10-21-15-6-5-13(18)8-12(15)9-17/h2-8H,10,18H2,1H3,(H,19,20). The van der Waals surface area contributed by atoms with Crippen molar-refractivity contribution in [1.29, 1.82) is 5.26 Å². The number of carbonyl (C=O) groups excluding carboxylic acids is 1. The number of nitrogens with one attached hydrogen (secondary N) is 1. The second-order valence-corrected chi connectivity index (χ2v) is 4.57. The highest BCUT2D eigenvalue weighted by Gasteiger charge is 2.07. The van der Waals surface area contributed by atoms with E-state index in [1.165, 1.54) is 6.07 Å². The number of nitrogen functional groups attached to an aromatic ring is 1. The molecule has 0 aliphatic carbocycles. The molecule has 1 amide bonds. The number of amides is 1. The molecular formula is C16H15N3O2. The Hall–Kier alpha value is -3.00. The van der Waals surface area contributed by atoms with E-state index in [1.807, 2.05) is 31.2 Å². The third-order valence-electron chi connectivity index (χ3n) is 2.78. The summed E-state index contributed by atoms with van der Waals surface area (Å²) in [4.78, 5) is 11.8. The Labute approximate surface area is 123 Å². The summed E-state index contributed by atoms with van der Waals surface area (Å²) >= 11 is 0. The number of benzene rings is 2. The molecule has 5 heteroatoms. The van der Waals surface area contributed by atoms with Crippen LogP contribution in [0.3, 0.4) is 0 Å². The van der Waals surface area contributed by atoms with E-state index in [-0.39, 0.29) is 12.5 Å². The van der Waals surface area contributed by atoms with Crippen molar-refractivity contribution in [1.82, 2.24) is 0 Å². The highest BCUT2D eigenvalue weighted by molar-refractivity contribution is 5.91. The van der Waals surface area contributed by atoms with E-state index >= 15 is 0 Å². The molecule has 0 heterocycles. The minimum atomic E-state index is -0.290. The maximum Gasteiger partial charge on any atom is 0.262 e. The van der Waals surface area contributed by atoms with Crippen LogP contribution in [0, 0.1) is 18.3 Å². The maximum absolute atomic E-state index is 11.8. The van der Waals surface area contributed by atoms with Gasteiger partial charge in [0.1, 0.15) is 11.8 Å². The first-order valence-corrected chi connectivity index (χ1v) is 6.37. The van der Waals surface area contributed by atoms with Crippen LogP contribution in [0.25, 0.3) is 0 Å². The summed E-state index contributed by atoms with van der Waals surface area (Å²) in [5.41, 5.74) is 8.13. The summed E-state index contributed by atoms with van der Waals surface area (Å²) in [6.07, 6.45) is 0. The number of hydrogen-bond donors (Lipinski definition) is 2. The quantitative estimate of drug-likeness (QED) is 0.843. The first-order chi connectivity index (χ1) is 10.1. The van der Waals surface area contributed by atoms with Crippen LogP contribution in [0.15, 0.2) is 42.5 Å². The molecule has 0 aliphatic rings. The van der Waals surface area contributed by atoms with Crippen LogP contribution in [0.1, 0.15) is 11.1 Å². The third-order valence-corrected chi connectivity index (χ3v) is 2.78. The molecule has 0 saturated heterocycles. The molecule has 2 aromatic rings. The number of anilines is 2. The number of nitrogens with zero attached hydrogens (tertiary/aromatic N) is 1. The van der Waals surface area contributed by atoms with Gasteiger partial charge >= 0.3 is 0 Å². The molecule has 0 saturated carbocycles. The lowest BCUT2D eigenvalue weighted by atomic mass is 10.2. The molecule has 2 rings (SSSR count). The minimum absolute atomic E-state index is 0.174. The smallest absolute Gasteiger partial charge is 0.262 e. The Morgan fingerprint density at radius 2 is 2.14 bits per heavy atom. The third kappa shape index (κ3) is 3.98. The van der Waals surface area contributed by atoms with Crippen molar-refractivity contribution in [2.75, 3.05) is 17.7 Å². The van der Waals surface area contributed by atoms with Gasteiger partial charge in [-0.3, -0.25) is 4.79 Å². The van der Waals surface area contributed by atoms with Crippen molar-refractivity contribution < 1.29 is 9.53 Å². The molecule has 3 N–H and O–H groups in total. The number of hydrogen-bond acceptors (Lipinski definition) is 4. The molecule has 0 fully saturated rings. The largest absolute Gasteiger partial charge is 0.482 e. The zero-order valence-corrected chi connectivity index (χ0v) is 11.6. The van der Waals surface area contributed by atoms with Gasteiger partial charge in [0, 0.05) is 11.4 Å². The Morgan fingerprint density at radius 3 is 2.86 bits per heavy atom. The predicted octanol–water partition coefficient (Wildman–Crippen LogP) is 2.47. The fraction of sp³-hybridized carbons (Fsp3) is 0.125. The monoisotopic (exact) mass is 281 g/mol. The molecular weight excluding hydrogens is 266 g/mol. The van der Waals surface area contributed by atoms with E-state index in [0.717, 1.165) is 5.56 Å². The molecule has 0 unspecified atom stereocenters. The normalized spacial score (nSPS) is 9.71. The Morgan fingerprint density at radius 1 is 1.33 bits per heavy atom. The van der Waals surface area contributed by atoms with Gasteiger partial charge < -0.3 is 15.8 Å². The zero-order chi connectivity index (χ0) is 15.2. The van der Waals surface area contributed by atoms with E-state index in [4.69, 9.17) is 15.7 Å². The summed E-state index contributed by atoms with van der Waals surface area (Å²) in [5, 5.41) is 11.7. The van der Waals surface area contributed by atoms with Crippen LogP contribution in [0.5, 0.6) is 5.75 Å². The topological polar surface area (TPSA) is 88.1 Å². The highest BCUT2D eigenvalue weighted by Crippen LogP contribution is 2.20. The first-order valence-electron chi connectivity index (χ1n) is 6.37. The molecule has 0 atom stereocenters. The number of nitriles is 1. The highest BCUT2D eigenvalue weighted by atomic mass is 16.5. The van der Waals surface area contributed by atoms with Crippen molar-refractivity contribution in [3.8, 4) is 11.8 Å². The van der Waals surface area contributed by atoms with Gasteiger partial charge in [-0.25, -0.2) is 0 Å². The number of ether oxygens (including phenoxy) is 1. The second kappa shape index (κ2) is 6.44. The van der Waals surface area contributed by atoms with Crippen molar-refractivity contribution in [3.63, 3.8) is 0 Å². The number of carbonyl (C=O) groups is 1. The average molecular weight is 281 g/mol. The lowest BCUT2D eigenvalue weighted by Crippen LogP contribution is -2.20. The summed E-state index contributed by atoms with van der Waals surface area (Å²) in [5.74, 6) is 0.0485. The Kier molecular flexibility index (Phi) is 4.42. The fourth-order valence-electron chi connectivity index (χ4n) is 1.82. The van der Waals surface area contributed by atoms with Gasteiger partial charge in [0.25, 0.3) is 5.91 Å². The summed E-state index contributed by atoms with van der Waals surface area (Å²) in [6, 6.07) is 14.2. The van der Waals surface area contributed by atoms with Gasteiger partial charge in [-0.2, -0.15) is 5.26 Å². The maximum atomic E-state index is 11.8. The van der Waals surface area contributed by atoms with Crippen LogP contribution in [-0.2, 0) is 4.79 Å². The van der Waals surface area contributed by atoms with Crippen molar-refractivity contribution in [2.24, 2.45) is 0 Å². The number of rotatable bonds is 4. The van der Waals surface area contributed by atoms with E-state index < -0.39 is 0 Å². The SMILES string of the molecule is Cc1cccc(NC(=O)COc2ccc(N)cc2C#N)c1. The first kappa shape index (κ1) is 14.4. The van der Waals surface area contributed by atoms with Crippen LogP contribution in [0.2, 0.25) is 0 Å². The molecule has 0 radical (unpaired) electrons. The number of aryl methyl sites for hydroxylation is 1. The van der Waals surface area contributed by atoms with Crippen LogP contribution >= 0.6 is 0 Å². The molecule has 2 aromatic carbocycles. The zero-order valence-electron chi connectivity index (χ0n) is 11.6. The van der Waals surface area contributed by atoms with E-state index in [9.17, 15) is 4.79 Å². The van der Waals surface area contributed by atoms with Gasteiger partial charge in [0.05, 0.1) is 5.56 Å². The minimum Gasteiger partial charge on any atom is -0.482 e. The predicted molar refractivity (Wildman–Crippen MR) is 80.9 cm³/mol. The van der Waals surface area contributed by atoms with Crippen molar-refractivity contribution in [3.05, 3.63) is 53.6 Å². The van der Waals surface area contributed by atoms with Crippen LogP contribution in [-0.4, -0.2) is 12.5 Å². The molecule has 0 bridgehead atoms. The van der Waals surface area contributed by atoms with Gasteiger partial charge in [-0.05, 0) is 42.8 Å². The fourth-order valence-corrected chi connectivity index (χ4v) is 1.82. The second-order valence-electron chi connectivity index (χ2n) is 4.57. The van der Waals surface area contributed by atoms with Crippen LogP contribution in [0.4, 0.5) is 11.4 Å². The van der Waals surface area contributed by atoms with Crippen molar-refractivity contribution >= 4 is 17.3 Å². The van der Waals surface area contributed by atoms with E-state index in [2.05, 4.69) is 5.32 Å². The summed E-state index contributed by atoms with van der Waals surface area (Å²) < 4.78 is 5.36. The molecule has 21 heavy (non-hydrogen) atoms. The summed E-state index contributed by atoms with van der Waals surface area (Å²) in [7, 11) is 0. The number of nitrogens with two attached hydrogens (primary N) is 1. The molecule has 0 aromatic heterocycles. The average Bonchev–Trinajstić information content (AvgIpc) is 2.45. The molecule has 0 aliphatic heterocycles. The van der Waals surface area contributed by atoms with E-state index in [0.29, 0.717) is 22.7 Å². The van der Waals surface area contributed by atoms with Gasteiger partial charge in [-0.15, -0.1) is 0 Å². The van der Waals surface area contributed by atoms with Crippen molar-refractivity contribution in [2.45, 2.75) is 6.92 Å². The summed E-state index contributed by atoms with van der Waals surface area (Å²) in [6.45, 7) is 1.77. The lowest BCUT2D eigenvalue weighted by Gasteiger charge is -2.09. The van der Waals surface area contributed by atoms with Gasteiger partial charge in [0.2, 0.25) is 0 Å². The Bertz CT molecular complexity index is 705.